The van der Waals surface area contributed by atoms with Crippen molar-refractivity contribution < 1.29 is 17.7 Å². The normalized spacial score (nSPS) is 15.9. The maximum Gasteiger partial charge on any atom is 0.266 e. The van der Waals surface area contributed by atoms with Crippen LogP contribution in [-0.4, -0.2) is 44.5 Å². The van der Waals surface area contributed by atoms with Gasteiger partial charge < -0.3 is 14.2 Å². The molecule has 0 saturated carbocycles. The monoisotopic (exact) mass is 407 g/mol. The quantitative estimate of drug-likeness (QED) is 0.617. The molecule has 0 aliphatic carbocycles. The summed E-state index contributed by atoms with van der Waals surface area (Å²) in [6.07, 6.45) is 5.55. The first kappa shape index (κ1) is 20.6. The first-order valence-corrected chi connectivity index (χ1v) is 11.7. The second-order valence-corrected chi connectivity index (χ2v) is 9.77. The average Bonchev–Trinajstić information content (AvgIpc) is 3.16. The van der Waals surface area contributed by atoms with Gasteiger partial charge in [-0.1, -0.05) is 13.8 Å². The third-order valence-electron chi connectivity index (χ3n) is 5.10. The van der Waals surface area contributed by atoms with Crippen LogP contribution < -0.4 is 9.64 Å². The predicted octanol–water partition coefficient (Wildman–Crippen LogP) is 3.67. The van der Waals surface area contributed by atoms with E-state index in [1.807, 2.05) is 13.8 Å². The number of rotatable bonds is 8. The van der Waals surface area contributed by atoms with Crippen LogP contribution in [-0.2, 0) is 9.84 Å². The van der Waals surface area contributed by atoms with E-state index < -0.39 is 9.84 Å². The zero-order valence-electron chi connectivity index (χ0n) is 16.8. The van der Waals surface area contributed by atoms with Crippen molar-refractivity contribution in [3.63, 3.8) is 0 Å². The molecule has 1 aliphatic rings. The van der Waals surface area contributed by atoms with Gasteiger partial charge in [0.2, 0.25) is 5.89 Å². The molecule has 0 spiro atoms. The molecule has 0 bridgehead atoms. The van der Waals surface area contributed by atoms with Crippen LogP contribution in [0, 0.1) is 5.92 Å². The minimum Gasteiger partial charge on any atom is -0.494 e. The van der Waals surface area contributed by atoms with Crippen LogP contribution in [0.15, 0.2) is 33.7 Å². The molecule has 0 unspecified atom stereocenters. The lowest BCUT2D eigenvalue weighted by atomic mass is 9.92. The number of ether oxygens (including phenoxy) is 1. The summed E-state index contributed by atoms with van der Waals surface area (Å²) in [5.41, 5.74) is 0. The molecule has 7 nitrogen and oxygen atoms in total. The molecule has 154 valence electrons. The third-order valence-corrected chi connectivity index (χ3v) is 6.23. The van der Waals surface area contributed by atoms with Gasteiger partial charge in [-0.3, -0.25) is 0 Å². The Morgan fingerprint density at radius 3 is 2.46 bits per heavy atom. The van der Waals surface area contributed by atoms with E-state index in [-0.39, 0.29) is 5.92 Å². The fraction of sp³-hybridized carbons (Fsp3) is 0.600. The highest BCUT2D eigenvalue weighted by Crippen LogP contribution is 2.26. The van der Waals surface area contributed by atoms with Gasteiger partial charge in [0.1, 0.15) is 5.75 Å². The molecule has 1 saturated heterocycles. The lowest BCUT2D eigenvalue weighted by Gasteiger charge is -2.30. The van der Waals surface area contributed by atoms with Gasteiger partial charge in [-0.15, -0.1) is 0 Å². The molecule has 28 heavy (non-hydrogen) atoms. The highest BCUT2D eigenvalue weighted by Gasteiger charge is 2.23. The number of benzene rings is 1. The summed E-state index contributed by atoms with van der Waals surface area (Å²) in [6, 6.07) is 6.60. The molecule has 0 atom stereocenters. The van der Waals surface area contributed by atoms with Crippen molar-refractivity contribution in [2.75, 3.05) is 30.9 Å². The Morgan fingerprint density at radius 2 is 1.89 bits per heavy atom. The first-order valence-electron chi connectivity index (χ1n) is 9.84. The van der Waals surface area contributed by atoms with Crippen molar-refractivity contribution in [3.8, 4) is 5.75 Å². The van der Waals surface area contributed by atoms with E-state index in [2.05, 4.69) is 15.0 Å². The van der Waals surface area contributed by atoms with Gasteiger partial charge in [0.15, 0.2) is 9.84 Å². The summed E-state index contributed by atoms with van der Waals surface area (Å²) < 4.78 is 34.0. The van der Waals surface area contributed by atoms with E-state index in [9.17, 15) is 8.42 Å². The summed E-state index contributed by atoms with van der Waals surface area (Å²) in [6.45, 7) is 6.64. The van der Waals surface area contributed by atoms with Crippen LogP contribution in [0.25, 0.3) is 0 Å². The van der Waals surface area contributed by atoms with E-state index in [0.29, 0.717) is 35.0 Å². The summed E-state index contributed by atoms with van der Waals surface area (Å²) in [7, 11) is -3.16. The number of hydrogen-bond donors (Lipinski definition) is 0. The van der Waals surface area contributed by atoms with Gasteiger partial charge in [0.05, 0.1) is 11.5 Å². The Morgan fingerprint density at radius 1 is 1.21 bits per heavy atom. The molecule has 1 aromatic heterocycles. The minimum absolute atomic E-state index is 0.251. The van der Waals surface area contributed by atoms with E-state index in [1.54, 1.807) is 24.3 Å². The van der Waals surface area contributed by atoms with Crippen LogP contribution in [0.5, 0.6) is 5.75 Å². The SMILES string of the molecule is CC(C)c1nc(N2CCC(CCCOc3ccc(S(C)(=O)=O)cc3)CC2)no1. The third kappa shape index (κ3) is 5.47. The smallest absolute Gasteiger partial charge is 0.266 e. The molecule has 3 rings (SSSR count). The Kier molecular flexibility index (Phi) is 6.59. The summed E-state index contributed by atoms with van der Waals surface area (Å²) in [4.78, 5) is 6.99. The Hall–Kier alpha value is -2.09. The molecule has 1 aromatic carbocycles. The molecule has 1 aliphatic heterocycles. The van der Waals surface area contributed by atoms with Crippen LogP contribution in [0.2, 0.25) is 0 Å². The van der Waals surface area contributed by atoms with Gasteiger partial charge >= 0.3 is 0 Å². The predicted molar refractivity (Wildman–Crippen MR) is 108 cm³/mol. The Labute approximate surface area is 167 Å². The molecule has 1 fully saturated rings. The largest absolute Gasteiger partial charge is 0.494 e. The van der Waals surface area contributed by atoms with E-state index in [4.69, 9.17) is 9.26 Å². The molecule has 8 heteroatoms. The highest BCUT2D eigenvalue weighted by molar-refractivity contribution is 7.90. The van der Waals surface area contributed by atoms with Gasteiger partial charge in [0.25, 0.3) is 5.95 Å². The summed E-state index contributed by atoms with van der Waals surface area (Å²) in [5.74, 6) is 3.05. The molecular formula is C20H29N3O4S. The number of sulfone groups is 1. The number of piperidine rings is 1. The molecule has 0 amide bonds. The first-order chi connectivity index (χ1) is 13.3. The summed E-state index contributed by atoms with van der Waals surface area (Å²) >= 11 is 0. The van der Waals surface area contributed by atoms with Crippen molar-refractivity contribution in [2.24, 2.45) is 5.92 Å². The van der Waals surface area contributed by atoms with Gasteiger partial charge in [0, 0.05) is 25.3 Å². The zero-order valence-corrected chi connectivity index (χ0v) is 17.6. The molecule has 2 heterocycles. The molecular weight excluding hydrogens is 378 g/mol. The lowest BCUT2D eigenvalue weighted by molar-refractivity contribution is 0.278. The maximum atomic E-state index is 11.5. The lowest BCUT2D eigenvalue weighted by Crippen LogP contribution is -2.34. The van der Waals surface area contributed by atoms with E-state index in [1.165, 1.54) is 6.26 Å². The standard InChI is InChI=1S/C20H29N3O4S/c1-15(2)19-21-20(22-27-19)23-12-10-16(11-13-23)5-4-14-26-17-6-8-18(9-7-17)28(3,24)25/h6-9,15-16H,4-5,10-14H2,1-3H3. The van der Waals surface area contributed by atoms with Crippen LogP contribution in [0.1, 0.15) is 51.3 Å². The Balaban J connectivity index is 1.36. The average molecular weight is 408 g/mol. The molecule has 2 aromatic rings. The fourth-order valence-electron chi connectivity index (χ4n) is 3.36. The second kappa shape index (κ2) is 8.94. The number of hydrogen-bond acceptors (Lipinski definition) is 7. The van der Waals surface area contributed by atoms with E-state index in [0.717, 1.165) is 38.8 Å². The van der Waals surface area contributed by atoms with Crippen molar-refractivity contribution in [2.45, 2.75) is 50.3 Å². The van der Waals surface area contributed by atoms with Crippen molar-refractivity contribution in [1.82, 2.24) is 10.1 Å². The second-order valence-electron chi connectivity index (χ2n) is 7.75. The van der Waals surface area contributed by atoms with Crippen LogP contribution >= 0.6 is 0 Å². The van der Waals surface area contributed by atoms with Crippen molar-refractivity contribution >= 4 is 15.8 Å². The Bertz CT molecular complexity index is 854. The van der Waals surface area contributed by atoms with E-state index >= 15 is 0 Å². The van der Waals surface area contributed by atoms with Crippen molar-refractivity contribution in [1.29, 1.82) is 0 Å². The number of nitrogens with zero attached hydrogens (tertiary/aromatic N) is 3. The number of aromatic nitrogens is 2. The van der Waals surface area contributed by atoms with Crippen LogP contribution in [0.4, 0.5) is 5.95 Å². The molecule has 0 radical (unpaired) electrons. The summed E-state index contributed by atoms with van der Waals surface area (Å²) in [5, 5.41) is 4.10. The molecule has 0 N–H and O–H groups in total. The minimum atomic E-state index is -3.16. The van der Waals surface area contributed by atoms with Gasteiger partial charge in [-0.25, -0.2) is 8.42 Å². The fourth-order valence-corrected chi connectivity index (χ4v) is 3.99. The van der Waals surface area contributed by atoms with Gasteiger partial charge in [-0.05, 0) is 61.0 Å². The van der Waals surface area contributed by atoms with Crippen molar-refractivity contribution in [3.05, 3.63) is 30.2 Å². The highest BCUT2D eigenvalue weighted by atomic mass is 32.2. The van der Waals surface area contributed by atoms with Crippen LogP contribution in [0.3, 0.4) is 0 Å². The van der Waals surface area contributed by atoms with Gasteiger partial charge in [-0.2, -0.15) is 4.98 Å². The maximum absolute atomic E-state index is 11.5. The number of anilines is 1. The zero-order chi connectivity index (χ0) is 20.1. The topological polar surface area (TPSA) is 85.5 Å².